The van der Waals surface area contributed by atoms with Crippen LogP contribution in [0.15, 0.2) is 10.8 Å². The van der Waals surface area contributed by atoms with Gasteiger partial charge in [0.1, 0.15) is 10.4 Å². The van der Waals surface area contributed by atoms with Gasteiger partial charge in [0.05, 0.1) is 0 Å². The highest BCUT2D eigenvalue weighted by atomic mass is 79.9. The van der Waals surface area contributed by atoms with Crippen LogP contribution in [0.25, 0.3) is 0 Å². The lowest BCUT2D eigenvalue weighted by molar-refractivity contribution is -0.209. The third kappa shape index (κ3) is 2.22. The molecule has 74 valence electrons. The van der Waals surface area contributed by atoms with E-state index in [-0.39, 0.29) is 4.60 Å². The molecule has 0 aliphatic rings. The van der Waals surface area contributed by atoms with Crippen molar-refractivity contribution >= 4 is 15.9 Å². The Kier molecular flexibility index (Phi) is 2.67. The van der Waals surface area contributed by atoms with E-state index >= 15 is 0 Å². The second kappa shape index (κ2) is 3.30. The summed E-state index contributed by atoms with van der Waals surface area (Å²) in [6, 6.07) is 0. The zero-order valence-corrected chi connectivity index (χ0v) is 8.09. The van der Waals surface area contributed by atoms with Gasteiger partial charge in [-0.15, -0.1) is 0 Å². The molecule has 0 spiro atoms. The zero-order chi connectivity index (χ0) is 10.2. The molecule has 1 heterocycles. The maximum Gasteiger partial charge on any atom is 0.421 e. The summed E-state index contributed by atoms with van der Waals surface area (Å²) in [5, 5.41) is 8.82. The van der Waals surface area contributed by atoms with Crippen LogP contribution in [0.5, 0.6) is 0 Å². The Morgan fingerprint density at radius 1 is 1.62 bits per heavy atom. The van der Waals surface area contributed by atoms with Crippen molar-refractivity contribution in [2.75, 3.05) is 0 Å². The van der Waals surface area contributed by atoms with Gasteiger partial charge in [-0.1, -0.05) is 0 Å². The van der Waals surface area contributed by atoms with E-state index in [1.54, 1.807) is 0 Å². The maximum absolute atomic E-state index is 12.0. The highest BCUT2D eigenvalue weighted by Gasteiger charge is 2.42. The minimum atomic E-state index is -4.68. The third-order valence-corrected chi connectivity index (χ3v) is 1.82. The third-order valence-electron chi connectivity index (χ3n) is 1.44. The van der Waals surface area contributed by atoms with Gasteiger partial charge in [-0.2, -0.15) is 13.2 Å². The highest BCUT2D eigenvalue weighted by molar-refractivity contribution is 9.10. The van der Waals surface area contributed by atoms with Gasteiger partial charge in [-0.3, -0.25) is 0 Å². The average molecular weight is 259 g/mol. The first-order chi connectivity index (χ1) is 5.82. The van der Waals surface area contributed by atoms with Crippen LogP contribution >= 0.6 is 15.9 Å². The Bertz CT molecular complexity index is 309. The number of aryl methyl sites for hydroxylation is 1. The Morgan fingerprint density at radius 3 is 2.46 bits per heavy atom. The number of alkyl halides is 3. The van der Waals surface area contributed by atoms with Crippen LogP contribution in [0.4, 0.5) is 13.2 Å². The fourth-order valence-corrected chi connectivity index (χ4v) is 1.33. The Labute approximate surface area is 80.3 Å². The summed E-state index contributed by atoms with van der Waals surface area (Å²) in [5.74, 6) is -0.431. The summed E-state index contributed by atoms with van der Waals surface area (Å²) in [6.45, 7) is 0. The highest BCUT2D eigenvalue weighted by Crippen LogP contribution is 2.31. The second-order valence-corrected chi connectivity index (χ2v) is 3.29. The van der Waals surface area contributed by atoms with Gasteiger partial charge in [-0.05, 0) is 15.9 Å². The number of hydrogen-bond acceptors (Lipinski definition) is 2. The average Bonchev–Trinajstić information content (AvgIpc) is 2.26. The molecule has 1 atom stereocenters. The molecule has 0 aliphatic carbocycles. The molecule has 7 heteroatoms. The van der Waals surface area contributed by atoms with Crippen molar-refractivity contribution in [3.63, 3.8) is 0 Å². The molecule has 1 unspecified atom stereocenters. The van der Waals surface area contributed by atoms with Gasteiger partial charge >= 0.3 is 6.18 Å². The van der Waals surface area contributed by atoms with Crippen molar-refractivity contribution in [2.45, 2.75) is 12.3 Å². The van der Waals surface area contributed by atoms with Crippen molar-refractivity contribution < 1.29 is 18.3 Å². The molecule has 1 aromatic heterocycles. The van der Waals surface area contributed by atoms with Gasteiger partial charge < -0.3 is 9.67 Å². The molecule has 1 N–H and O–H groups in total. The molecule has 0 saturated heterocycles. The number of imidazole rings is 1. The maximum atomic E-state index is 12.0. The van der Waals surface area contributed by atoms with Crippen molar-refractivity contribution in [1.82, 2.24) is 9.55 Å². The largest absolute Gasteiger partial charge is 0.421 e. The number of hydrogen-bond donors (Lipinski definition) is 1. The molecule has 0 radical (unpaired) electrons. The van der Waals surface area contributed by atoms with Crippen molar-refractivity contribution in [3.05, 3.63) is 16.6 Å². The predicted octanol–water partition coefficient (Wildman–Crippen LogP) is 1.78. The summed E-state index contributed by atoms with van der Waals surface area (Å²) < 4.78 is 37.4. The van der Waals surface area contributed by atoms with E-state index in [1.807, 2.05) is 0 Å². The van der Waals surface area contributed by atoms with Crippen molar-refractivity contribution in [2.24, 2.45) is 7.05 Å². The summed E-state index contributed by atoms with van der Waals surface area (Å²) in [5.41, 5.74) is 0. The number of halogens is 4. The molecule has 0 fully saturated rings. The second-order valence-electron chi connectivity index (χ2n) is 2.48. The van der Waals surface area contributed by atoms with Crippen LogP contribution in [0.1, 0.15) is 11.9 Å². The van der Waals surface area contributed by atoms with E-state index in [9.17, 15) is 13.2 Å². The van der Waals surface area contributed by atoms with Gasteiger partial charge in [0.2, 0.25) is 6.10 Å². The lowest BCUT2D eigenvalue weighted by Gasteiger charge is -2.13. The summed E-state index contributed by atoms with van der Waals surface area (Å²) in [4.78, 5) is 3.49. The van der Waals surface area contributed by atoms with Crippen LogP contribution in [-0.4, -0.2) is 20.8 Å². The van der Waals surface area contributed by atoms with Crippen molar-refractivity contribution in [3.8, 4) is 0 Å². The first-order valence-electron chi connectivity index (χ1n) is 3.26. The van der Waals surface area contributed by atoms with E-state index < -0.39 is 18.1 Å². The van der Waals surface area contributed by atoms with Gasteiger partial charge in [0.25, 0.3) is 0 Å². The Hall–Kier alpha value is -0.560. The topological polar surface area (TPSA) is 38.0 Å². The molecule has 0 saturated carbocycles. The normalized spacial score (nSPS) is 14.6. The Balaban J connectivity index is 3.01. The molecule has 1 rings (SSSR count). The molecule has 3 nitrogen and oxygen atoms in total. The molecule has 0 aliphatic heterocycles. The number of aromatic nitrogens is 2. The fraction of sp³-hybridized carbons (Fsp3) is 0.500. The molecule has 0 aromatic carbocycles. The van der Waals surface area contributed by atoms with E-state index in [4.69, 9.17) is 5.11 Å². The number of nitrogens with zero attached hydrogens (tertiary/aromatic N) is 2. The minimum Gasteiger partial charge on any atom is -0.377 e. The Morgan fingerprint density at radius 2 is 2.15 bits per heavy atom. The molecular formula is C6H6BrF3N2O. The SMILES string of the molecule is Cn1cc(Br)nc1C(O)C(F)(F)F. The minimum absolute atomic E-state index is 0.258. The van der Waals surface area contributed by atoms with Crippen LogP contribution in [0, 0.1) is 0 Å². The quantitative estimate of drug-likeness (QED) is 0.834. The van der Waals surface area contributed by atoms with E-state index in [0.29, 0.717) is 0 Å². The molecule has 0 bridgehead atoms. The van der Waals surface area contributed by atoms with Gasteiger partial charge in [-0.25, -0.2) is 4.98 Å². The first-order valence-corrected chi connectivity index (χ1v) is 4.05. The van der Waals surface area contributed by atoms with Gasteiger partial charge in [0.15, 0.2) is 0 Å². The van der Waals surface area contributed by atoms with Crippen molar-refractivity contribution in [1.29, 1.82) is 0 Å². The monoisotopic (exact) mass is 258 g/mol. The summed E-state index contributed by atoms with van der Waals surface area (Å²) in [7, 11) is 1.38. The van der Waals surface area contributed by atoms with Gasteiger partial charge in [0, 0.05) is 13.2 Å². The van der Waals surface area contributed by atoms with Crippen LogP contribution in [0.2, 0.25) is 0 Å². The fourth-order valence-electron chi connectivity index (χ4n) is 0.844. The lowest BCUT2D eigenvalue weighted by atomic mass is 10.3. The van der Waals surface area contributed by atoms with E-state index in [2.05, 4.69) is 20.9 Å². The summed E-state index contributed by atoms with van der Waals surface area (Å²) in [6.07, 6.45) is -5.88. The van der Waals surface area contributed by atoms with Crippen LogP contribution in [-0.2, 0) is 7.05 Å². The number of aliphatic hydroxyl groups excluding tert-OH is 1. The van der Waals surface area contributed by atoms with Crippen LogP contribution in [0.3, 0.4) is 0 Å². The molecular weight excluding hydrogens is 253 g/mol. The number of aliphatic hydroxyl groups is 1. The predicted molar refractivity (Wildman–Crippen MR) is 41.9 cm³/mol. The smallest absolute Gasteiger partial charge is 0.377 e. The molecule has 1 aromatic rings. The molecule has 0 amide bonds. The zero-order valence-electron chi connectivity index (χ0n) is 6.51. The van der Waals surface area contributed by atoms with E-state index in [1.165, 1.54) is 13.2 Å². The number of rotatable bonds is 1. The van der Waals surface area contributed by atoms with Crippen LogP contribution < -0.4 is 0 Å². The lowest BCUT2D eigenvalue weighted by Crippen LogP contribution is -2.23. The molecule has 13 heavy (non-hydrogen) atoms. The summed E-state index contributed by atoms with van der Waals surface area (Å²) >= 11 is 2.91. The standard InChI is InChI=1S/C6H6BrF3N2O/c1-12-2-3(7)11-5(12)4(13)6(8,9)10/h2,4,13H,1H3. The van der Waals surface area contributed by atoms with E-state index in [0.717, 1.165) is 4.57 Å². The first kappa shape index (κ1) is 10.5.